The number of carbonyl (C=O) groups excluding carboxylic acids is 2. The molecule has 2 atom stereocenters. The molecule has 1 saturated carbocycles. The van der Waals surface area contributed by atoms with Crippen molar-refractivity contribution < 1.29 is 19.1 Å². The van der Waals surface area contributed by atoms with E-state index in [4.69, 9.17) is 9.47 Å². The highest BCUT2D eigenvalue weighted by molar-refractivity contribution is 5.81. The molecule has 1 aliphatic rings. The van der Waals surface area contributed by atoms with Crippen LogP contribution < -0.4 is 0 Å². The van der Waals surface area contributed by atoms with Gasteiger partial charge in [-0.05, 0) is 57.3 Å². The molecule has 1 rings (SSSR count). The molecule has 4 nitrogen and oxygen atoms in total. The molecule has 1 fully saturated rings. The van der Waals surface area contributed by atoms with Crippen molar-refractivity contribution in [2.45, 2.75) is 106 Å². The number of carbonyl (C=O) groups is 2. The van der Waals surface area contributed by atoms with E-state index < -0.39 is 17.0 Å². The SMILES string of the molecule is CCC(C)CC(C)(C(=O)OCC(=O)OC(C)(C)C1CCCCC1)C(C)(C)C. The van der Waals surface area contributed by atoms with Crippen LogP contribution in [0.4, 0.5) is 0 Å². The van der Waals surface area contributed by atoms with Gasteiger partial charge in [-0.2, -0.15) is 0 Å². The third kappa shape index (κ3) is 6.50. The number of rotatable bonds is 8. The van der Waals surface area contributed by atoms with Gasteiger partial charge in [0.2, 0.25) is 0 Å². The molecule has 2 unspecified atom stereocenters. The van der Waals surface area contributed by atoms with Gasteiger partial charge in [0.1, 0.15) is 5.60 Å². The molecule has 0 aliphatic heterocycles. The standard InChI is InChI=1S/C23H42O4/c1-9-17(2)15-23(8,21(3,4)5)20(25)26-16-19(24)27-22(6,7)18-13-11-10-12-14-18/h17-18H,9-16H2,1-8H3. The number of esters is 2. The predicted octanol–water partition coefficient (Wildman–Crippen LogP) is 5.92. The summed E-state index contributed by atoms with van der Waals surface area (Å²) in [7, 11) is 0. The molecule has 0 saturated heterocycles. The molecule has 158 valence electrons. The maximum absolute atomic E-state index is 12.9. The van der Waals surface area contributed by atoms with Crippen molar-refractivity contribution in [3.63, 3.8) is 0 Å². The average Bonchev–Trinajstić information content (AvgIpc) is 2.58. The summed E-state index contributed by atoms with van der Waals surface area (Å²) in [5, 5.41) is 0. The van der Waals surface area contributed by atoms with Gasteiger partial charge >= 0.3 is 11.9 Å². The third-order valence-electron chi connectivity index (χ3n) is 6.85. The summed E-state index contributed by atoms with van der Waals surface area (Å²) in [6.45, 7) is 16.1. The van der Waals surface area contributed by atoms with Crippen molar-refractivity contribution in [2.75, 3.05) is 6.61 Å². The highest BCUT2D eigenvalue weighted by Crippen LogP contribution is 2.45. The Morgan fingerprint density at radius 3 is 2.04 bits per heavy atom. The molecule has 0 aromatic carbocycles. The Balaban J connectivity index is 2.68. The fourth-order valence-corrected chi connectivity index (χ4v) is 4.02. The van der Waals surface area contributed by atoms with Gasteiger partial charge < -0.3 is 9.47 Å². The zero-order valence-corrected chi connectivity index (χ0v) is 18.9. The summed E-state index contributed by atoms with van der Waals surface area (Å²) in [6.07, 6.45) is 7.60. The molecule has 4 heteroatoms. The van der Waals surface area contributed by atoms with Gasteiger partial charge in [0, 0.05) is 0 Å². The van der Waals surface area contributed by atoms with Gasteiger partial charge in [-0.25, -0.2) is 4.79 Å². The lowest BCUT2D eigenvalue weighted by molar-refractivity contribution is -0.179. The molecular formula is C23H42O4. The van der Waals surface area contributed by atoms with E-state index in [1.165, 1.54) is 19.3 Å². The molecule has 0 aromatic heterocycles. The second-order valence-electron chi connectivity index (χ2n) is 10.3. The van der Waals surface area contributed by atoms with Crippen LogP contribution in [0.25, 0.3) is 0 Å². The van der Waals surface area contributed by atoms with Gasteiger partial charge in [-0.3, -0.25) is 4.79 Å². The lowest BCUT2D eigenvalue weighted by Crippen LogP contribution is -2.44. The molecule has 0 N–H and O–H groups in total. The van der Waals surface area contributed by atoms with E-state index >= 15 is 0 Å². The third-order valence-corrected chi connectivity index (χ3v) is 6.85. The summed E-state index contributed by atoms with van der Waals surface area (Å²) in [6, 6.07) is 0. The summed E-state index contributed by atoms with van der Waals surface area (Å²) >= 11 is 0. The summed E-state index contributed by atoms with van der Waals surface area (Å²) in [4.78, 5) is 25.3. The van der Waals surface area contributed by atoms with Crippen molar-refractivity contribution in [3.8, 4) is 0 Å². The normalized spacial score (nSPS) is 19.9. The number of hydrogen-bond acceptors (Lipinski definition) is 4. The average molecular weight is 383 g/mol. The van der Waals surface area contributed by atoms with Crippen LogP contribution in [0, 0.1) is 22.7 Å². The molecule has 0 radical (unpaired) electrons. The first-order chi connectivity index (χ1) is 12.3. The van der Waals surface area contributed by atoms with Crippen molar-refractivity contribution in [3.05, 3.63) is 0 Å². The van der Waals surface area contributed by atoms with Crippen molar-refractivity contribution in [2.24, 2.45) is 22.7 Å². The van der Waals surface area contributed by atoms with E-state index in [2.05, 4.69) is 34.6 Å². The van der Waals surface area contributed by atoms with Gasteiger partial charge in [0.15, 0.2) is 6.61 Å². The number of hydrogen-bond donors (Lipinski definition) is 0. The Morgan fingerprint density at radius 2 is 1.56 bits per heavy atom. The highest BCUT2D eigenvalue weighted by atomic mass is 16.6. The lowest BCUT2D eigenvalue weighted by Gasteiger charge is -2.41. The molecule has 0 aromatic rings. The molecular weight excluding hydrogens is 340 g/mol. The fraction of sp³-hybridized carbons (Fsp3) is 0.913. The quantitative estimate of drug-likeness (QED) is 0.489. The predicted molar refractivity (Wildman–Crippen MR) is 109 cm³/mol. The monoisotopic (exact) mass is 382 g/mol. The van der Waals surface area contributed by atoms with E-state index in [9.17, 15) is 9.59 Å². The first-order valence-electron chi connectivity index (χ1n) is 10.7. The first kappa shape index (κ1) is 24.0. The minimum atomic E-state index is -0.637. The molecule has 0 heterocycles. The second kappa shape index (κ2) is 9.43. The molecule has 0 spiro atoms. The summed E-state index contributed by atoms with van der Waals surface area (Å²) in [5.41, 5.74) is -1.39. The van der Waals surface area contributed by atoms with Gasteiger partial charge in [0.25, 0.3) is 0 Å². The maximum atomic E-state index is 12.9. The summed E-state index contributed by atoms with van der Waals surface area (Å²) < 4.78 is 11.2. The van der Waals surface area contributed by atoms with Crippen molar-refractivity contribution in [1.82, 2.24) is 0 Å². The van der Waals surface area contributed by atoms with Crippen molar-refractivity contribution >= 4 is 11.9 Å². The minimum Gasteiger partial charge on any atom is -0.457 e. The Kier molecular flexibility index (Phi) is 8.37. The minimum absolute atomic E-state index is 0.251. The fourth-order valence-electron chi connectivity index (χ4n) is 4.02. The summed E-state index contributed by atoms with van der Waals surface area (Å²) in [5.74, 6) is 0.0524. The van der Waals surface area contributed by atoms with E-state index in [1.54, 1.807) is 0 Å². The lowest BCUT2D eigenvalue weighted by atomic mass is 9.63. The van der Waals surface area contributed by atoms with Crippen LogP contribution in [0.3, 0.4) is 0 Å². The Hall–Kier alpha value is -1.06. The van der Waals surface area contributed by atoms with E-state index in [0.29, 0.717) is 11.8 Å². The van der Waals surface area contributed by atoms with E-state index in [0.717, 1.165) is 25.7 Å². The highest BCUT2D eigenvalue weighted by Gasteiger charge is 2.46. The van der Waals surface area contributed by atoms with Crippen molar-refractivity contribution in [1.29, 1.82) is 0 Å². The second-order valence-corrected chi connectivity index (χ2v) is 10.3. The van der Waals surface area contributed by atoms with Gasteiger partial charge in [0.05, 0.1) is 5.41 Å². The zero-order chi connectivity index (χ0) is 20.9. The van der Waals surface area contributed by atoms with E-state index in [-0.39, 0.29) is 18.0 Å². The van der Waals surface area contributed by atoms with Gasteiger partial charge in [-0.1, -0.05) is 60.3 Å². The zero-order valence-electron chi connectivity index (χ0n) is 18.9. The number of ether oxygens (including phenoxy) is 2. The van der Waals surface area contributed by atoms with Crippen LogP contribution in [0.15, 0.2) is 0 Å². The maximum Gasteiger partial charge on any atom is 0.344 e. The molecule has 0 bridgehead atoms. The largest absolute Gasteiger partial charge is 0.457 e. The van der Waals surface area contributed by atoms with Crippen LogP contribution in [-0.2, 0) is 19.1 Å². The molecule has 1 aliphatic carbocycles. The smallest absolute Gasteiger partial charge is 0.344 e. The van der Waals surface area contributed by atoms with Crippen LogP contribution in [0.1, 0.15) is 100 Å². The van der Waals surface area contributed by atoms with Crippen LogP contribution in [-0.4, -0.2) is 24.1 Å². The Bertz CT molecular complexity index is 497. The van der Waals surface area contributed by atoms with E-state index in [1.807, 2.05) is 20.8 Å². The van der Waals surface area contributed by atoms with Crippen LogP contribution in [0.2, 0.25) is 0 Å². The van der Waals surface area contributed by atoms with Crippen LogP contribution >= 0.6 is 0 Å². The first-order valence-corrected chi connectivity index (χ1v) is 10.7. The van der Waals surface area contributed by atoms with Crippen LogP contribution in [0.5, 0.6) is 0 Å². The Labute approximate surface area is 166 Å². The van der Waals surface area contributed by atoms with Gasteiger partial charge in [-0.15, -0.1) is 0 Å². The topological polar surface area (TPSA) is 52.6 Å². The molecule has 27 heavy (non-hydrogen) atoms. The molecule has 0 amide bonds. The Morgan fingerprint density at radius 1 is 1.00 bits per heavy atom.